The fourth-order valence-corrected chi connectivity index (χ4v) is 1.82. The highest BCUT2D eigenvalue weighted by Crippen LogP contribution is 2.26. The number of nitrogens with one attached hydrogen (secondary N) is 1. The van der Waals surface area contributed by atoms with Gasteiger partial charge in [-0.05, 0) is 20.8 Å². The van der Waals surface area contributed by atoms with Gasteiger partial charge >= 0.3 is 0 Å². The van der Waals surface area contributed by atoms with Crippen molar-refractivity contribution < 1.29 is 9.18 Å². The molecule has 4 heteroatoms. The summed E-state index contributed by atoms with van der Waals surface area (Å²) in [6.07, 6.45) is 0.880. The first-order valence-electron chi connectivity index (χ1n) is 5.91. The summed E-state index contributed by atoms with van der Waals surface area (Å²) >= 11 is 0. The number of hydrogen-bond acceptors (Lipinski definition) is 2. The van der Waals surface area contributed by atoms with Gasteiger partial charge in [0.05, 0.1) is 0 Å². The van der Waals surface area contributed by atoms with Crippen LogP contribution < -0.4 is 5.32 Å². The van der Waals surface area contributed by atoms with Crippen molar-refractivity contribution in [1.29, 1.82) is 0 Å². The average molecular weight is 230 g/mol. The van der Waals surface area contributed by atoms with Gasteiger partial charge in [0.15, 0.2) is 0 Å². The van der Waals surface area contributed by atoms with Crippen LogP contribution in [0.15, 0.2) is 0 Å². The van der Waals surface area contributed by atoms with E-state index in [1.807, 2.05) is 20.8 Å². The van der Waals surface area contributed by atoms with Gasteiger partial charge in [-0.15, -0.1) is 0 Å². The van der Waals surface area contributed by atoms with E-state index in [2.05, 4.69) is 5.32 Å². The van der Waals surface area contributed by atoms with Crippen LogP contribution in [0.1, 0.15) is 40.5 Å². The third kappa shape index (κ3) is 4.08. The Hall–Kier alpha value is -0.640. The summed E-state index contributed by atoms with van der Waals surface area (Å²) in [6, 6.07) is 0. The van der Waals surface area contributed by atoms with Crippen molar-refractivity contribution in [3.63, 3.8) is 0 Å². The lowest BCUT2D eigenvalue weighted by Crippen LogP contribution is -2.51. The molecular formula is C12H23FN2O. The fourth-order valence-electron chi connectivity index (χ4n) is 1.82. The summed E-state index contributed by atoms with van der Waals surface area (Å²) < 4.78 is 14.3. The normalized spacial score (nSPS) is 20.9. The van der Waals surface area contributed by atoms with E-state index in [4.69, 9.17) is 0 Å². The summed E-state index contributed by atoms with van der Waals surface area (Å²) in [4.78, 5) is 12.8. The topological polar surface area (TPSA) is 32.3 Å². The van der Waals surface area contributed by atoms with Gasteiger partial charge in [-0.2, -0.15) is 0 Å². The first-order valence-corrected chi connectivity index (χ1v) is 5.91. The quantitative estimate of drug-likeness (QED) is 0.783. The zero-order chi connectivity index (χ0) is 12.4. The van der Waals surface area contributed by atoms with Crippen molar-refractivity contribution in [1.82, 2.24) is 10.2 Å². The smallest absolute Gasteiger partial charge is 0.219 e. The van der Waals surface area contributed by atoms with E-state index in [0.717, 1.165) is 0 Å². The second kappa shape index (κ2) is 4.70. The van der Waals surface area contributed by atoms with Crippen LogP contribution in [0.4, 0.5) is 4.39 Å². The second-order valence-corrected chi connectivity index (χ2v) is 5.76. The van der Waals surface area contributed by atoms with Crippen molar-refractivity contribution in [3.8, 4) is 0 Å². The lowest BCUT2D eigenvalue weighted by atomic mass is 9.92. The van der Waals surface area contributed by atoms with Crippen LogP contribution in [-0.4, -0.2) is 41.6 Å². The molecule has 1 aliphatic heterocycles. The Balaban J connectivity index is 2.41. The molecule has 1 rings (SSSR count). The maximum absolute atomic E-state index is 14.3. The predicted octanol–water partition coefficient (Wildman–Crippen LogP) is 1.73. The predicted molar refractivity (Wildman–Crippen MR) is 63.1 cm³/mol. The molecule has 1 aliphatic rings. The summed E-state index contributed by atoms with van der Waals surface area (Å²) in [5.74, 6) is 0.0471. The Bertz CT molecular complexity index is 252. The van der Waals surface area contributed by atoms with E-state index < -0.39 is 5.67 Å². The van der Waals surface area contributed by atoms with Gasteiger partial charge in [0.25, 0.3) is 0 Å². The minimum atomic E-state index is -1.15. The van der Waals surface area contributed by atoms with Crippen LogP contribution in [-0.2, 0) is 4.79 Å². The SMILES string of the molecule is CC(=O)N1CCC(F)(CNC(C)(C)C)CC1. The van der Waals surface area contributed by atoms with Crippen LogP contribution in [0.2, 0.25) is 0 Å². The highest BCUT2D eigenvalue weighted by atomic mass is 19.1. The molecule has 0 radical (unpaired) electrons. The van der Waals surface area contributed by atoms with Crippen molar-refractivity contribution >= 4 is 5.91 Å². The molecule has 0 aromatic heterocycles. The van der Waals surface area contributed by atoms with Crippen LogP contribution in [0.25, 0.3) is 0 Å². The van der Waals surface area contributed by atoms with Crippen LogP contribution in [0.5, 0.6) is 0 Å². The minimum Gasteiger partial charge on any atom is -0.343 e. The van der Waals surface area contributed by atoms with Gasteiger partial charge in [-0.25, -0.2) is 4.39 Å². The monoisotopic (exact) mass is 230 g/mol. The lowest BCUT2D eigenvalue weighted by Gasteiger charge is -2.37. The molecule has 16 heavy (non-hydrogen) atoms. The van der Waals surface area contributed by atoms with Crippen molar-refractivity contribution in [2.24, 2.45) is 0 Å². The average Bonchev–Trinajstić information content (AvgIpc) is 2.15. The number of hydrogen-bond donors (Lipinski definition) is 1. The molecule has 0 aliphatic carbocycles. The summed E-state index contributed by atoms with van der Waals surface area (Å²) in [5.41, 5.74) is -1.21. The lowest BCUT2D eigenvalue weighted by molar-refractivity contribution is -0.131. The van der Waals surface area contributed by atoms with E-state index >= 15 is 0 Å². The molecule has 0 unspecified atom stereocenters. The molecule has 1 saturated heterocycles. The zero-order valence-electron chi connectivity index (χ0n) is 10.8. The maximum atomic E-state index is 14.3. The van der Waals surface area contributed by atoms with E-state index in [9.17, 15) is 9.18 Å². The maximum Gasteiger partial charge on any atom is 0.219 e. The standard InChI is InChI=1S/C12H23FN2O/c1-10(16)15-7-5-12(13,6-8-15)9-14-11(2,3)4/h14H,5-9H2,1-4H3. The second-order valence-electron chi connectivity index (χ2n) is 5.76. The molecule has 1 N–H and O–H groups in total. The number of piperidine rings is 1. The summed E-state index contributed by atoms with van der Waals surface area (Å²) in [7, 11) is 0. The number of rotatable bonds is 2. The third-order valence-electron chi connectivity index (χ3n) is 3.04. The molecule has 0 saturated carbocycles. The Morgan fingerprint density at radius 2 is 1.88 bits per heavy atom. The van der Waals surface area contributed by atoms with Crippen molar-refractivity contribution in [3.05, 3.63) is 0 Å². The van der Waals surface area contributed by atoms with Gasteiger partial charge in [-0.1, -0.05) is 0 Å². The molecule has 0 atom stereocenters. The summed E-state index contributed by atoms with van der Waals surface area (Å²) in [5, 5.41) is 3.20. The number of amides is 1. The largest absolute Gasteiger partial charge is 0.343 e. The Kier molecular flexibility index (Phi) is 3.94. The molecule has 3 nitrogen and oxygen atoms in total. The van der Waals surface area contributed by atoms with Crippen LogP contribution >= 0.6 is 0 Å². The van der Waals surface area contributed by atoms with Crippen molar-refractivity contribution in [2.45, 2.75) is 51.7 Å². The molecular weight excluding hydrogens is 207 g/mol. The molecule has 0 aromatic carbocycles. The van der Waals surface area contributed by atoms with Crippen molar-refractivity contribution in [2.75, 3.05) is 19.6 Å². The number of alkyl halides is 1. The molecule has 0 aromatic rings. The highest BCUT2D eigenvalue weighted by Gasteiger charge is 2.35. The van der Waals surface area contributed by atoms with Gasteiger partial charge < -0.3 is 10.2 Å². The van der Waals surface area contributed by atoms with Crippen LogP contribution in [0.3, 0.4) is 0 Å². The molecule has 1 amide bonds. The molecule has 1 heterocycles. The first-order chi connectivity index (χ1) is 7.22. The third-order valence-corrected chi connectivity index (χ3v) is 3.04. The zero-order valence-corrected chi connectivity index (χ0v) is 10.8. The molecule has 94 valence electrons. The van der Waals surface area contributed by atoms with Gasteiger partial charge in [-0.3, -0.25) is 4.79 Å². The number of likely N-dealkylation sites (tertiary alicyclic amines) is 1. The highest BCUT2D eigenvalue weighted by molar-refractivity contribution is 5.73. The molecule has 0 bridgehead atoms. The first kappa shape index (κ1) is 13.4. The molecule has 0 spiro atoms. The van der Waals surface area contributed by atoms with Gasteiger partial charge in [0.2, 0.25) is 5.91 Å². The van der Waals surface area contributed by atoms with Crippen LogP contribution in [0, 0.1) is 0 Å². The Morgan fingerprint density at radius 1 is 1.38 bits per heavy atom. The minimum absolute atomic E-state index is 0.0471. The van der Waals surface area contributed by atoms with E-state index in [1.54, 1.807) is 11.8 Å². The Morgan fingerprint density at radius 3 is 2.25 bits per heavy atom. The number of halogens is 1. The number of carbonyl (C=O) groups excluding carboxylic acids is 1. The van der Waals surface area contributed by atoms with Gasteiger partial charge in [0, 0.05) is 44.9 Å². The van der Waals surface area contributed by atoms with E-state index in [-0.39, 0.29) is 11.4 Å². The van der Waals surface area contributed by atoms with Gasteiger partial charge in [0.1, 0.15) is 5.67 Å². The Labute approximate surface area is 97.4 Å². The number of nitrogens with zero attached hydrogens (tertiary/aromatic N) is 1. The summed E-state index contributed by atoms with van der Waals surface area (Å²) in [6.45, 7) is 9.08. The molecule has 1 fully saturated rings. The number of carbonyl (C=O) groups is 1. The van der Waals surface area contributed by atoms with E-state index in [1.165, 1.54) is 0 Å². The fraction of sp³-hybridized carbons (Fsp3) is 0.917. The van der Waals surface area contributed by atoms with E-state index in [0.29, 0.717) is 32.5 Å².